The number of likely N-dealkylation sites (tertiary alicyclic amines) is 1. The van der Waals surface area contributed by atoms with Crippen LogP contribution in [0.15, 0.2) is 11.6 Å². The molecule has 2 N–H and O–H groups in total. The predicted molar refractivity (Wildman–Crippen MR) is 69.4 cm³/mol. The lowest BCUT2D eigenvalue weighted by Gasteiger charge is -2.47. The Morgan fingerprint density at radius 1 is 1.44 bits per heavy atom. The topological polar surface area (TPSA) is 60.8 Å². The minimum absolute atomic E-state index is 0.374. The highest BCUT2D eigenvalue weighted by Crippen LogP contribution is 2.39. The second-order valence-corrected chi connectivity index (χ2v) is 5.75. The second-order valence-electron chi connectivity index (χ2n) is 5.75. The van der Waals surface area contributed by atoms with E-state index < -0.39 is 11.6 Å². The molecular weight excluding hydrogens is 230 g/mol. The largest absolute Gasteiger partial charge is 0.478 e. The van der Waals surface area contributed by atoms with Crippen molar-refractivity contribution in [1.29, 1.82) is 0 Å². The van der Waals surface area contributed by atoms with Gasteiger partial charge in [-0.05, 0) is 26.2 Å². The summed E-state index contributed by atoms with van der Waals surface area (Å²) in [6.45, 7) is 4.09. The molecule has 18 heavy (non-hydrogen) atoms. The lowest BCUT2D eigenvalue weighted by atomic mass is 9.71. The number of nitrogens with zero attached hydrogens (tertiary/aromatic N) is 1. The Morgan fingerprint density at radius 2 is 2.22 bits per heavy atom. The normalized spacial score (nSPS) is 34.1. The molecule has 0 aromatic carbocycles. The van der Waals surface area contributed by atoms with Crippen LogP contribution in [0.3, 0.4) is 0 Å². The first-order valence-corrected chi connectivity index (χ1v) is 6.86. The van der Waals surface area contributed by atoms with E-state index in [9.17, 15) is 9.90 Å². The number of hydrogen-bond donors (Lipinski definition) is 2. The van der Waals surface area contributed by atoms with Crippen molar-refractivity contribution in [3.63, 3.8) is 0 Å². The first kappa shape index (κ1) is 13.6. The summed E-state index contributed by atoms with van der Waals surface area (Å²) in [5, 5.41) is 19.4. The lowest BCUT2D eigenvalue weighted by Crippen LogP contribution is -2.53. The Bertz CT molecular complexity index is 353. The minimum atomic E-state index is -0.846. The van der Waals surface area contributed by atoms with Crippen molar-refractivity contribution in [3.8, 4) is 0 Å². The number of carboxylic acids is 1. The van der Waals surface area contributed by atoms with Crippen molar-refractivity contribution < 1.29 is 15.0 Å². The van der Waals surface area contributed by atoms with Gasteiger partial charge in [0.25, 0.3) is 0 Å². The van der Waals surface area contributed by atoms with Crippen LogP contribution in [0.25, 0.3) is 0 Å². The Hall–Kier alpha value is -0.870. The fourth-order valence-corrected chi connectivity index (χ4v) is 3.16. The van der Waals surface area contributed by atoms with E-state index in [0.717, 1.165) is 38.8 Å². The molecule has 0 spiro atoms. The van der Waals surface area contributed by atoms with Crippen LogP contribution in [0.1, 0.15) is 39.0 Å². The Kier molecular flexibility index (Phi) is 4.07. The van der Waals surface area contributed by atoms with E-state index in [2.05, 4.69) is 4.90 Å². The molecule has 102 valence electrons. The molecule has 2 fully saturated rings. The van der Waals surface area contributed by atoms with Gasteiger partial charge in [-0.2, -0.15) is 0 Å². The predicted octanol–water partition coefficient (Wildman–Crippen LogP) is 1.64. The van der Waals surface area contributed by atoms with Crippen LogP contribution in [-0.2, 0) is 4.79 Å². The quantitative estimate of drug-likeness (QED) is 0.751. The van der Waals surface area contributed by atoms with Gasteiger partial charge < -0.3 is 10.2 Å². The lowest BCUT2D eigenvalue weighted by molar-refractivity contribution is -0.132. The maximum atomic E-state index is 10.7. The fraction of sp³-hybridized carbons (Fsp3) is 0.786. The summed E-state index contributed by atoms with van der Waals surface area (Å²) in [6.07, 6.45) is 7.01. The van der Waals surface area contributed by atoms with Gasteiger partial charge >= 0.3 is 5.97 Å². The van der Waals surface area contributed by atoms with Crippen LogP contribution in [-0.4, -0.2) is 46.3 Å². The number of carboxylic acid groups (broad SMARTS) is 1. The van der Waals surface area contributed by atoms with Gasteiger partial charge in [-0.1, -0.05) is 18.9 Å². The van der Waals surface area contributed by atoms with Crippen LogP contribution in [0.5, 0.6) is 0 Å². The first-order chi connectivity index (χ1) is 8.51. The highest BCUT2D eigenvalue weighted by molar-refractivity contribution is 5.85. The molecule has 0 radical (unpaired) electrons. The number of hydrogen-bond acceptors (Lipinski definition) is 3. The van der Waals surface area contributed by atoms with E-state index in [1.807, 2.05) is 0 Å². The maximum Gasteiger partial charge on any atom is 0.330 e. The number of aliphatic carboxylic acids is 1. The van der Waals surface area contributed by atoms with E-state index in [0.29, 0.717) is 18.0 Å². The molecule has 2 rings (SSSR count). The molecule has 4 heteroatoms. The van der Waals surface area contributed by atoms with Gasteiger partial charge in [-0.25, -0.2) is 4.79 Å². The maximum absolute atomic E-state index is 10.7. The number of aliphatic hydroxyl groups is 1. The molecule has 4 nitrogen and oxygen atoms in total. The summed E-state index contributed by atoms with van der Waals surface area (Å²) < 4.78 is 0. The molecule has 0 bridgehead atoms. The molecule has 1 saturated heterocycles. The smallest absolute Gasteiger partial charge is 0.330 e. The van der Waals surface area contributed by atoms with Crippen LogP contribution >= 0.6 is 0 Å². The van der Waals surface area contributed by atoms with Crippen LogP contribution in [0.4, 0.5) is 0 Å². The van der Waals surface area contributed by atoms with Crippen molar-refractivity contribution in [2.75, 3.05) is 19.6 Å². The van der Waals surface area contributed by atoms with Crippen molar-refractivity contribution in [2.24, 2.45) is 5.92 Å². The third kappa shape index (κ3) is 2.93. The molecule has 1 aliphatic heterocycles. The van der Waals surface area contributed by atoms with Crippen LogP contribution < -0.4 is 0 Å². The molecule has 1 heterocycles. The highest BCUT2D eigenvalue weighted by atomic mass is 16.4. The van der Waals surface area contributed by atoms with Gasteiger partial charge in [0.15, 0.2) is 0 Å². The molecule has 0 aromatic rings. The van der Waals surface area contributed by atoms with E-state index in [4.69, 9.17) is 5.11 Å². The summed E-state index contributed by atoms with van der Waals surface area (Å²) in [5.74, 6) is -0.472. The third-order valence-corrected chi connectivity index (χ3v) is 4.50. The van der Waals surface area contributed by atoms with Crippen LogP contribution in [0.2, 0.25) is 0 Å². The second kappa shape index (κ2) is 5.41. The number of carbonyl (C=O) groups is 1. The number of piperidine rings is 1. The summed E-state index contributed by atoms with van der Waals surface area (Å²) in [5.41, 5.74) is -0.0418. The standard InChI is InChI=1S/C14H23NO3/c1-11(13(16)17)5-8-15-9-7-14(18)6-3-2-4-12(14)10-15/h5,12,18H,2-4,6-10H2,1H3,(H,16,17). The van der Waals surface area contributed by atoms with E-state index in [1.165, 1.54) is 6.42 Å². The molecule has 2 atom stereocenters. The Balaban J connectivity index is 1.91. The first-order valence-electron chi connectivity index (χ1n) is 6.86. The van der Waals surface area contributed by atoms with Gasteiger partial charge in [0, 0.05) is 31.1 Å². The van der Waals surface area contributed by atoms with Crippen LogP contribution in [0, 0.1) is 5.92 Å². The summed E-state index contributed by atoms with van der Waals surface area (Å²) in [4.78, 5) is 13.0. The molecule has 2 unspecified atom stereocenters. The van der Waals surface area contributed by atoms with E-state index in [-0.39, 0.29) is 0 Å². The van der Waals surface area contributed by atoms with Gasteiger partial charge in [-0.15, -0.1) is 0 Å². The zero-order valence-electron chi connectivity index (χ0n) is 11.1. The average Bonchev–Trinajstić information content (AvgIpc) is 2.35. The highest BCUT2D eigenvalue weighted by Gasteiger charge is 2.42. The Labute approximate surface area is 108 Å². The molecule has 1 aliphatic carbocycles. The monoisotopic (exact) mass is 253 g/mol. The minimum Gasteiger partial charge on any atom is -0.478 e. The van der Waals surface area contributed by atoms with E-state index in [1.54, 1.807) is 13.0 Å². The Morgan fingerprint density at radius 3 is 2.94 bits per heavy atom. The molecular formula is C14H23NO3. The van der Waals surface area contributed by atoms with Gasteiger partial charge in [0.1, 0.15) is 0 Å². The number of rotatable bonds is 3. The summed E-state index contributed by atoms with van der Waals surface area (Å²) >= 11 is 0. The average molecular weight is 253 g/mol. The summed E-state index contributed by atoms with van der Waals surface area (Å²) in [7, 11) is 0. The summed E-state index contributed by atoms with van der Waals surface area (Å²) in [6, 6.07) is 0. The van der Waals surface area contributed by atoms with Gasteiger partial charge in [0.05, 0.1) is 5.60 Å². The molecule has 0 amide bonds. The zero-order chi connectivity index (χ0) is 13.2. The fourth-order valence-electron chi connectivity index (χ4n) is 3.16. The van der Waals surface area contributed by atoms with Crippen molar-refractivity contribution in [1.82, 2.24) is 4.90 Å². The van der Waals surface area contributed by atoms with E-state index >= 15 is 0 Å². The number of fused-ring (bicyclic) bond motifs is 1. The van der Waals surface area contributed by atoms with Crippen molar-refractivity contribution >= 4 is 5.97 Å². The van der Waals surface area contributed by atoms with Crippen molar-refractivity contribution in [3.05, 3.63) is 11.6 Å². The SMILES string of the molecule is CC(=CCN1CCC2(O)CCCCC2C1)C(=O)O. The zero-order valence-corrected chi connectivity index (χ0v) is 11.1. The third-order valence-electron chi connectivity index (χ3n) is 4.50. The molecule has 1 saturated carbocycles. The van der Waals surface area contributed by atoms with Crippen molar-refractivity contribution in [2.45, 2.75) is 44.6 Å². The van der Waals surface area contributed by atoms with Gasteiger partial charge in [-0.3, -0.25) is 4.90 Å². The van der Waals surface area contributed by atoms with Gasteiger partial charge in [0.2, 0.25) is 0 Å². The molecule has 0 aromatic heterocycles. The molecule has 2 aliphatic rings.